The number of hydrogen-bond donors (Lipinski definition) is 2. The average molecular weight is 322 g/mol. The van der Waals surface area contributed by atoms with Crippen molar-refractivity contribution in [1.82, 2.24) is 10.3 Å². The topological polar surface area (TPSA) is 71.1 Å². The molecule has 0 aliphatic carbocycles. The van der Waals surface area contributed by atoms with Crippen molar-refractivity contribution in [2.24, 2.45) is 0 Å². The van der Waals surface area contributed by atoms with E-state index in [0.29, 0.717) is 10.7 Å². The minimum atomic E-state index is -0.519. The standard InChI is InChI=1S/C14H12ClN3O2S/c1-9(19)17-12(11(15)10-5-3-2-4-6-10)13(20)18-14-16-7-8-21-14/h2-8H,1H3,(H,17,19)(H,16,18,20). The maximum absolute atomic E-state index is 12.3. The number of aromatic nitrogens is 1. The summed E-state index contributed by atoms with van der Waals surface area (Å²) in [5.41, 5.74) is 0.628. The van der Waals surface area contributed by atoms with E-state index in [1.807, 2.05) is 6.07 Å². The molecule has 0 unspecified atom stereocenters. The van der Waals surface area contributed by atoms with Crippen LogP contribution < -0.4 is 10.6 Å². The Morgan fingerprint density at radius 3 is 2.52 bits per heavy atom. The van der Waals surface area contributed by atoms with E-state index in [0.717, 1.165) is 0 Å². The third-order valence-corrected chi connectivity index (χ3v) is 3.52. The van der Waals surface area contributed by atoms with Crippen LogP contribution in [0.3, 0.4) is 0 Å². The van der Waals surface area contributed by atoms with Crippen molar-refractivity contribution in [3.8, 4) is 0 Å². The SMILES string of the molecule is CC(=O)NC(C(=O)Nc1nccs1)=C(Cl)c1ccccc1. The van der Waals surface area contributed by atoms with Gasteiger partial charge < -0.3 is 5.32 Å². The highest BCUT2D eigenvalue weighted by atomic mass is 35.5. The quantitative estimate of drug-likeness (QED) is 0.851. The van der Waals surface area contributed by atoms with Crippen molar-refractivity contribution >= 4 is 44.9 Å². The lowest BCUT2D eigenvalue weighted by Crippen LogP contribution is -2.29. The Morgan fingerprint density at radius 1 is 1.24 bits per heavy atom. The van der Waals surface area contributed by atoms with Gasteiger partial charge in [-0.15, -0.1) is 11.3 Å². The summed E-state index contributed by atoms with van der Waals surface area (Å²) >= 11 is 7.51. The molecule has 0 atom stereocenters. The molecule has 0 radical (unpaired) electrons. The zero-order chi connectivity index (χ0) is 15.2. The molecule has 0 aliphatic rings. The van der Waals surface area contributed by atoms with Gasteiger partial charge >= 0.3 is 0 Å². The minimum Gasteiger partial charge on any atom is -0.320 e. The first kappa shape index (κ1) is 15.2. The van der Waals surface area contributed by atoms with Gasteiger partial charge in [0.05, 0.1) is 5.03 Å². The Bertz CT molecular complexity index is 669. The summed E-state index contributed by atoms with van der Waals surface area (Å²) in [4.78, 5) is 27.5. The van der Waals surface area contributed by atoms with Crippen molar-refractivity contribution in [3.63, 3.8) is 0 Å². The number of nitrogens with zero attached hydrogens (tertiary/aromatic N) is 1. The fraction of sp³-hybridized carbons (Fsp3) is 0.0714. The number of benzene rings is 1. The van der Waals surface area contributed by atoms with Gasteiger partial charge in [0.1, 0.15) is 5.70 Å². The third kappa shape index (κ3) is 4.14. The van der Waals surface area contributed by atoms with Gasteiger partial charge in [-0.25, -0.2) is 4.98 Å². The van der Waals surface area contributed by atoms with Crippen LogP contribution >= 0.6 is 22.9 Å². The van der Waals surface area contributed by atoms with Gasteiger partial charge in [0.15, 0.2) is 5.13 Å². The van der Waals surface area contributed by atoms with E-state index in [9.17, 15) is 9.59 Å². The second-order valence-corrected chi connectivity index (χ2v) is 5.30. The number of halogens is 1. The molecule has 7 heteroatoms. The number of hydrogen-bond acceptors (Lipinski definition) is 4. The number of amides is 2. The van der Waals surface area contributed by atoms with Gasteiger partial charge in [-0.05, 0) is 5.56 Å². The Balaban J connectivity index is 2.33. The summed E-state index contributed by atoms with van der Waals surface area (Å²) in [6.07, 6.45) is 1.57. The molecule has 5 nitrogen and oxygen atoms in total. The average Bonchev–Trinajstić information content (AvgIpc) is 2.97. The molecule has 0 saturated heterocycles. The predicted molar refractivity (Wildman–Crippen MR) is 83.8 cm³/mol. The molecule has 2 amide bonds. The lowest BCUT2D eigenvalue weighted by atomic mass is 10.2. The maximum Gasteiger partial charge on any atom is 0.275 e. The zero-order valence-electron chi connectivity index (χ0n) is 11.1. The van der Waals surface area contributed by atoms with Crippen LogP contribution in [0.25, 0.3) is 5.03 Å². The van der Waals surface area contributed by atoms with Crippen LogP contribution in [0.4, 0.5) is 5.13 Å². The number of rotatable bonds is 4. The molecule has 0 aliphatic heterocycles. The zero-order valence-corrected chi connectivity index (χ0v) is 12.7. The fourth-order valence-electron chi connectivity index (χ4n) is 1.56. The highest BCUT2D eigenvalue weighted by Crippen LogP contribution is 2.23. The molecule has 21 heavy (non-hydrogen) atoms. The summed E-state index contributed by atoms with van der Waals surface area (Å²) in [6, 6.07) is 8.92. The Labute approximate surface area is 130 Å². The normalized spacial score (nSPS) is 11.5. The maximum atomic E-state index is 12.3. The largest absolute Gasteiger partial charge is 0.320 e. The van der Waals surface area contributed by atoms with Crippen molar-refractivity contribution in [1.29, 1.82) is 0 Å². The number of thiazole rings is 1. The molecule has 1 heterocycles. The number of carbonyl (C=O) groups is 2. The van der Waals surface area contributed by atoms with E-state index in [2.05, 4.69) is 15.6 Å². The van der Waals surface area contributed by atoms with Gasteiger partial charge in [-0.1, -0.05) is 41.9 Å². The van der Waals surface area contributed by atoms with E-state index in [1.165, 1.54) is 18.3 Å². The van der Waals surface area contributed by atoms with Crippen LogP contribution in [0.2, 0.25) is 0 Å². The Morgan fingerprint density at radius 2 is 1.95 bits per heavy atom. The van der Waals surface area contributed by atoms with Gasteiger partial charge in [0.2, 0.25) is 5.91 Å². The molecule has 0 spiro atoms. The molecule has 1 aromatic carbocycles. The lowest BCUT2D eigenvalue weighted by Gasteiger charge is -2.11. The number of anilines is 1. The van der Waals surface area contributed by atoms with Crippen molar-refractivity contribution in [2.75, 3.05) is 5.32 Å². The summed E-state index contributed by atoms with van der Waals surface area (Å²) in [6.45, 7) is 1.31. The highest BCUT2D eigenvalue weighted by molar-refractivity contribution is 7.13. The van der Waals surface area contributed by atoms with Crippen molar-refractivity contribution < 1.29 is 9.59 Å². The Kier molecular flexibility index (Phi) is 5.08. The molecular formula is C14H12ClN3O2S. The van der Waals surface area contributed by atoms with E-state index < -0.39 is 5.91 Å². The van der Waals surface area contributed by atoms with Gasteiger partial charge in [0, 0.05) is 18.5 Å². The van der Waals surface area contributed by atoms with Crippen LogP contribution in [0.15, 0.2) is 47.6 Å². The van der Waals surface area contributed by atoms with Crippen LogP contribution in [-0.4, -0.2) is 16.8 Å². The first-order chi connectivity index (χ1) is 10.1. The van der Waals surface area contributed by atoms with E-state index in [4.69, 9.17) is 11.6 Å². The molecule has 0 saturated carbocycles. The van der Waals surface area contributed by atoms with Gasteiger partial charge in [0.25, 0.3) is 5.91 Å². The Hall–Kier alpha value is -2.18. The van der Waals surface area contributed by atoms with Gasteiger partial charge in [-0.3, -0.25) is 14.9 Å². The molecule has 2 aromatic rings. The molecule has 2 rings (SSSR count). The summed E-state index contributed by atoms with van der Waals surface area (Å²) in [5.74, 6) is -0.901. The first-order valence-electron chi connectivity index (χ1n) is 6.01. The summed E-state index contributed by atoms with van der Waals surface area (Å²) in [5, 5.41) is 7.38. The molecule has 108 valence electrons. The van der Waals surface area contributed by atoms with E-state index >= 15 is 0 Å². The molecule has 0 bridgehead atoms. The molecule has 1 aromatic heterocycles. The predicted octanol–water partition coefficient (Wildman–Crippen LogP) is 2.83. The number of nitrogens with one attached hydrogen (secondary N) is 2. The van der Waals surface area contributed by atoms with E-state index in [1.54, 1.807) is 35.8 Å². The smallest absolute Gasteiger partial charge is 0.275 e. The highest BCUT2D eigenvalue weighted by Gasteiger charge is 2.18. The third-order valence-electron chi connectivity index (χ3n) is 2.43. The fourth-order valence-corrected chi connectivity index (χ4v) is 2.34. The first-order valence-corrected chi connectivity index (χ1v) is 7.27. The van der Waals surface area contributed by atoms with Crippen molar-refractivity contribution in [3.05, 3.63) is 53.2 Å². The van der Waals surface area contributed by atoms with Crippen LogP contribution in [0.5, 0.6) is 0 Å². The molecule has 2 N–H and O–H groups in total. The van der Waals surface area contributed by atoms with Crippen LogP contribution in [0.1, 0.15) is 12.5 Å². The monoisotopic (exact) mass is 321 g/mol. The molecule has 0 fully saturated rings. The van der Waals surface area contributed by atoms with Crippen LogP contribution in [0, 0.1) is 0 Å². The second-order valence-electron chi connectivity index (χ2n) is 4.03. The molecular weight excluding hydrogens is 310 g/mol. The van der Waals surface area contributed by atoms with Crippen molar-refractivity contribution in [2.45, 2.75) is 6.92 Å². The minimum absolute atomic E-state index is 0.00873. The summed E-state index contributed by atoms with van der Waals surface area (Å²) in [7, 11) is 0. The lowest BCUT2D eigenvalue weighted by molar-refractivity contribution is -0.120. The summed E-state index contributed by atoms with van der Waals surface area (Å²) < 4.78 is 0. The van der Waals surface area contributed by atoms with Crippen LogP contribution in [-0.2, 0) is 9.59 Å². The second kappa shape index (κ2) is 7.01. The number of carbonyl (C=O) groups excluding carboxylic acids is 2. The van der Waals surface area contributed by atoms with Gasteiger partial charge in [-0.2, -0.15) is 0 Å². The van der Waals surface area contributed by atoms with E-state index in [-0.39, 0.29) is 16.6 Å².